The first-order valence-corrected chi connectivity index (χ1v) is 20.7. The van der Waals surface area contributed by atoms with Crippen molar-refractivity contribution in [2.24, 2.45) is 0 Å². The number of carbonyl (C=O) groups is 2. The summed E-state index contributed by atoms with van der Waals surface area (Å²) in [5.74, 6) is -0.653. The molecule has 0 fully saturated rings. The Morgan fingerprint density at radius 1 is 0.561 bits per heavy atom. The first-order valence-electron chi connectivity index (χ1n) is 17.8. The molecule has 5 rings (SSSR count). The van der Waals surface area contributed by atoms with Crippen LogP contribution in [0.2, 0.25) is 0 Å². The summed E-state index contributed by atoms with van der Waals surface area (Å²) in [5, 5.41) is 6.81. The van der Waals surface area contributed by atoms with Crippen LogP contribution in [0.4, 0.5) is 22.7 Å². The molecule has 0 unspecified atom stereocenters. The van der Waals surface area contributed by atoms with Crippen LogP contribution in [0.1, 0.15) is 90.6 Å². The van der Waals surface area contributed by atoms with Crippen molar-refractivity contribution in [1.82, 2.24) is 0 Å². The lowest BCUT2D eigenvalue weighted by atomic mass is 9.83. The van der Waals surface area contributed by atoms with E-state index in [9.17, 15) is 35.5 Å². The van der Waals surface area contributed by atoms with Gasteiger partial charge in [0, 0.05) is 63.1 Å². The second-order valence-electron chi connectivity index (χ2n) is 14.1. The quantitative estimate of drug-likeness (QED) is 0.0503. The Labute approximate surface area is 333 Å². The van der Waals surface area contributed by atoms with E-state index in [1.165, 1.54) is 34.1 Å². The lowest BCUT2D eigenvalue weighted by Gasteiger charge is -2.26. The predicted molar refractivity (Wildman–Crippen MR) is 221 cm³/mol. The first kappa shape index (κ1) is 42.6. The third-order valence-corrected chi connectivity index (χ3v) is 11.9. The van der Waals surface area contributed by atoms with Crippen LogP contribution in [0.3, 0.4) is 0 Å². The summed E-state index contributed by atoms with van der Waals surface area (Å²) in [6.45, 7) is 14.4. The predicted octanol–water partition coefficient (Wildman–Crippen LogP) is 9.12. The molecule has 0 heterocycles. The molecule has 0 aliphatic carbocycles. The van der Waals surface area contributed by atoms with Crippen LogP contribution in [0.15, 0.2) is 76.5 Å². The highest BCUT2D eigenvalue weighted by molar-refractivity contribution is 7.86. The fraction of sp³-hybridized carbons (Fsp3) is 0.256. The van der Waals surface area contributed by atoms with E-state index in [-0.39, 0.29) is 28.6 Å². The number of hydrogen-bond acceptors (Lipinski definition) is 10. The van der Waals surface area contributed by atoms with Gasteiger partial charge in [-0.25, -0.2) is 0 Å². The van der Waals surface area contributed by atoms with Crippen molar-refractivity contribution >= 4 is 54.6 Å². The molecule has 300 valence electrons. The maximum Gasteiger partial charge on any atom is 0.294 e. The lowest BCUT2D eigenvalue weighted by molar-refractivity contribution is 0.100. The Balaban J connectivity index is 1.74. The van der Waals surface area contributed by atoms with Gasteiger partial charge in [-0.15, -0.1) is 0 Å². The molecule has 0 aromatic heterocycles. The zero-order chi connectivity index (χ0) is 42.3. The fourth-order valence-corrected chi connectivity index (χ4v) is 9.16. The van der Waals surface area contributed by atoms with Crippen LogP contribution in [0, 0.1) is 41.5 Å². The smallest absolute Gasteiger partial charge is 0.294 e. The fourth-order valence-electron chi connectivity index (χ4n) is 7.82. The molecule has 0 atom stereocenters. The van der Waals surface area contributed by atoms with E-state index in [0.717, 1.165) is 50.8 Å². The number of Topliss-reactive ketones (excluding diaryl/α,β-unsaturated/α-hetero) is 2. The van der Waals surface area contributed by atoms with Gasteiger partial charge in [0.05, 0.1) is 24.0 Å². The van der Waals surface area contributed by atoms with Crippen LogP contribution in [0.25, 0.3) is 0 Å². The minimum absolute atomic E-state index is 0.0458. The molecule has 14 heteroatoms. The molecule has 0 spiro atoms. The summed E-state index contributed by atoms with van der Waals surface area (Å²) in [6.07, 6.45) is 0. The standard InChI is InChI=1S/C43H46N2O10S2/c1-22-17-24(3)42(26(5)39(22)28(7)46)44-30-11-14-33(36(19-30)54-9)41(35-16-13-32(56(48,49)50)21-38(35)57(51,52)53)34-15-12-31(20-37(34)55-10)45-43-25(4)18-23(2)40(27(43)6)29(8)47/h11-21,41,44-45H,1-10H3,(H,48,49,50)(H,51,52,53). The van der Waals surface area contributed by atoms with Gasteiger partial charge in [-0.1, -0.05) is 30.3 Å². The Hall–Kier alpha value is -5.54. The Morgan fingerprint density at radius 2 is 0.965 bits per heavy atom. The van der Waals surface area contributed by atoms with Crippen LogP contribution in [0.5, 0.6) is 11.5 Å². The van der Waals surface area contributed by atoms with Gasteiger partial charge in [0.2, 0.25) is 0 Å². The van der Waals surface area contributed by atoms with Crippen molar-refractivity contribution in [1.29, 1.82) is 0 Å². The molecular weight excluding hydrogens is 769 g/mol. The van der Waals surface area contributed by atoms with Crippen LogP contribution >= 0.6 is 0 Å². The highest BCUT2D eigenvalue weighted by Gasteiger charge is 2.31. The lowest BCUT2D eigenvalue weighted by Crippen LogP contribution is -2.14. The molecule has 0 radical (unpaired) electrons. The zero-order valence-electron chi connectivity index (χ0n) is 33.4. The van der Waals surface area contributed by atoms with Crippen LogP contribution in [-0.4, -0.2) is 51.7 Å². The minimum atomic E-state index is -5.10. The van der Waals surface area contributed by atoms with Crippen LogP contribution in [-0.2, 0) is 20.2 Å². The van der Waals surface area contributed by atoms with E-state index >= 15 is 0 Å². The maximum absolute atomic E-state index is 13.0. The van der Waals surface area contributed by atoms with Gasteiger partial charge in [0.15, 0.2) is 11.6 Å². The molecule has 0 amide bonds. The second kappa shape index (κ2) is 16.1. The highest BCUT2D eigenvalue weighted by atomic mass is 32.2. The van der Waals surface area contributed by atoms with Crippen LogP contribution < -0.4 is 20.1 Å². The van der Waals surface area contributed by atoms with E-state index < -0.39 is 35.9 Å². The molecule has 0 bridgehead atoms. The summed E-state index contributed by atoms with van der Waals surface area (Å²) in [4.78, 5) is 23.6. The monoisotopic (exact) mass is 814 g/mol. The minimum Gasteiger partial charge on any atom is -0.496 e. The van der Waals surface area contributed by atoms with Gasteiger partial charge in [-0.2, -0.15) is 16.8 Å². The molecular formula is C43H46N2O10S2. The largest absolute Gasteiger partial charge is 0.496 e. The number of ether oxygens (including phenoxy) is 2. The number of methoxy groups -OCH3 is 2. The molecule has 0 aliphatic rings. The third-order valence-electron chi connectivity index (χ3n) is 10.1. The van der Waals surface area contributed by atoms with E-state index in [0.29, 0.717) is 39.7 Å². The SMILES string of the molecule is COc1cc(Nc2c(C)cc(C)c(C(C)=O)c2C)ccc1C(c1ccc(Nc2c(C)cc(C)c(C(C)=O)c2C)cc1OC)c1ccc(S(=O)(=O)O)cc1S(=O)(=O)O. The van der Waals surface area contributed by atoms with Gasteiger partial charge in [-0.05, 0) is 119 Å². The molecule has 5 aromatic carbocycles. The molecule has 4 N–H and O–H groups in total. The average Bonchev–Trinajstić information content (AvgIpc) is 3.11. The third kappa shape index (κ3) is 8.59. The second-order valence-corrected chi connectivity index (χ2v) is 16.9. The van der Waals surface area contributed by atoms with Crippen molar-refractivity contribution in [2.75, 3.05) is 24.9 Å². The number of hydrogen-bond donors (Lipinski definition) is 4. The van der Waals surface area contributed by atoms with Gasteiger partial charge < -0.3 is 20.1 Å². The van der Waals surface area contributed by atoms with E-state index in [1.54, 1.807) is 36.4 Å². The molecule has 12 nitrogen and oxygen atoms in total. The normalized spacial score (nSPS) is 11.7. The number of benzene rings is 5. The summed E-state index contributed by atoms with van der Waals surface area (Å²) < 4.78 is 82.4. The summed E-state index contributed by atoms with van der Waals surface area (Å²) in [6, 6.07) is 17.1. The van der Waals surface area contributed by atoms with Crippen molar-refractivity contribution < 1.29 is 45.0 Å². The van der Waals surface area contributed by atoms with E-state index in [2.05, 4.69) is 10.6 Å². The summed E-state index contributed by atoms with van der Waals surface area (Å²) in [5.41, 5.74) is 9.65. The number of nitrogens with one attached hydrogen (secondary N) is 2. The number of aryl methyl sites for hydroxylation is 4. The van der Waals surface area contributed by atoms with E-state index in [1.807, 2.05) is 53.7 Å². The van der Waals surface area contributed by atoms with Crippen molar-refractivity contribution in [3.05, 3.63) is 128 Å². The zero-order valence-corrected chi connectivity index (χ0v) is 35.0. The maximum atomic E-state index is 13.0. The van der Waals surface area contributed by atoms with Crippen molar-refractivity contribution in [3.63, 3.8) is 0 Å². The van der Waals surface area contributed by atoms with E-state index in [4.69, 9.17) is 9.47 Å². The highest BCUT2D eigenvalue weighted by Crippen LogP contribution is 2.46. The average molecular weight is 815 g/mol. The Kier molecular flexibility index (Phi) is 12.1. The topological polar surface area (TPSA) is 185 Å². The van der Waals surface area contributed by atoms with Gasteiger partial charge in [0.25, 0.3) is 20.2 Å². The molecule has 57 heavy (non-hydrogen) atoms. The van der Waals surface area contributed by atoms with Gasteiger partial charge in [-0.3, -0.25) is 18.7 Å². The Morgan fingerprint density at radius 3 is 1.32 bits per heavy atom. The number of carbonyl (C=O) groups excluding carboxylic acids is 2. The molecule has 0 saturated heterocycles. The number of rotatable bonds is 13. The summed E-state index contributed by atoms with van der Waals surface area (Å²) >= 11 is 0. The summed E-state index contributed by atoms with van der Waals surface area (Å²) in [7, 11) is -7.10. The molecule has 0 aliphatic heterocycles. The number of anilines is 4. The van der Waals surface area contributed by atoms with Crippen molar-refractivity contribution in [3.8, 4) is 11.5 Å². The van der Waals surface area contributed by atoms with Gasteiger partial charge >= 0.3 is 0 Å². The molecule has 0 saturated carbocycles. The Bertz CT molecular complexity index is 2560. The van der Waals surface area contributed by atoms with Crippen molar-refractivity contribution in [2.45, 2.75) is 71.1 Å². The molecule has 5 aromatic rings. The first-order chi connectivity index (χ1) is 26.6. The number of ketones is 2. The van der Waals surface area contributed by atoms with Gasteiger partial charge in [0.1, 0.15) is 11.5 Å².